The van der Waals surface area contributed by atoms with Crippen molar-refractivity contribution < 1.29 is 18.0 Å². The van der Waals surface area contributed by atoms with Crippen molar-refractivity contribution in [2.24, 2.45) is 0 Å². The molecule has 0 N–H and O–H groups in total. The molecular weight excluding hydrogens is 319 g/mol. The van der Waals surface area contributed by atoms with Gasteiger partial charge >= 0.3 is 6.18 Å². The van der Waals surface area contributed by atoms with E-state index in [1.54, 1.807) is 4.90 Å². The number of amides is 1. The number of halogens is 3. The second-order valence-electron chi connectivity index (χ2n) is 5.72. The van der Waals surface area contributed by atoms with E-state index in [9.17, 15) is 18.0 Å². The highest BCUT2D eigenvalue weighted by Gasteiger charge is 2.32. The van der Waals surface area contributed by atoms with Gasteiger partial charge in [0.25, 0.3) is 5.91 Å². The minimum absolute atomic E-state index is 0.240. The first kappa shape index (κ1) is 16.4. The van der Waals surface area contributed by atoms with Crippen LogP contribution in [0, 0.1) is 0 Å². The molecule has 1 aromatic heterocycles. The molecule has 1 amide bonds. The Morgan fingerprint density at radius 3 is 2.50 bits per heavy atom. The number of nitrogens with zero attached hydrogens (tertiary/aromatic N) is 3. The van der Waals surface area contributed by atoms with Gasteiger partial charge in [0.2, 0.25) is 0 Å². The summed E-state index contributed by atoms with van der Waals surface area (Å²) in [4.78, 5) is 22.3. The minimum Gasteiger partial charge on any atom is -0.330 e. The van der Waals surface area contributed by atoms with Gasteiger partial charge in [-0.3, -0.25) is 9.78 Å². The number of carbonyl (C=O) groups is 1. The molecule has 2 heterocycles. The predicted octanol–water partition coefficient (Wildman–Crippen LogP) is 3.86. The van der Waals surface area contributed by atoms with Gasteiger partial charge in [0, 0.05) is 18.9 Å². The second kappa shape index (κ2) is 6.59. The first-order valence-electron chi connectivity index (χ1n) is 7.71. The molecule has 1 aromatic carbocycles. The van der Waals surface area contributed by atoms with Crippen LogP contribution in [0.15, 0.2) is 42.9 Å². The Morgan fingerprint density at radius 1 is 1.12 bits per heavy atom. The van der Waals surface area contributed by atoms with Crippen molar-refractivity contribution in [2.45, 2.75) is 31.5 Å². The largest absolute Gasteiger partial charge is 0.416 e. The molecule has 1 saturated heterocycles. The molecule has 1 fully saturated rings. The molecule has 2 aromatic rings. The van der Waals surface area contributed by atoms with Crippen LogP contribution in [0.25, 0.3) is 0 Å². The molecule has 0 radical (unpaired) electrons. The number of benzene rings is 1. The van der Waals surface area contributed by atoms with Crippen LogP contribution in [0.1, 0.15) is 46.9 Å². The van der Waals surface area contributed by atoms with Gasteiger partial charge in [-0.05, 0) is 37.0 Å². The maximum absolute atomic E-state index is 12.7. The van der Waals surface area contributed by atoms with Gasteiger partial charge in [-0.15, -0.1) is 0 Å². The molecule has 3 rings (SSSR count). The maximum Gasteiger partial charge on any atom is 0.416 e. The SMILES string of the molecule is O=C(c1cnccn1)N1CCCCC1c1ccc(C(F)(F)F)cc1. The zero-order valence-electron chi connectivity index (χ0n) is 12.8. The molecule has 4 nitrogen and oxygen atoms in total. The lowest BCUT2D eigenvalue weighted by Crippen LogP contribution is -2.39. The minimum atomic E-state index is -4.36. The predicted molar refractivity (Wildman–Crippen MR) is 81.1 cm³/mol. The molecule has 1 atom stereocenters. The number of rotatable bonds is 2. The van der Waals surface area contributed by atoms with Gasteiger partial charge < -0.3 is 4.90 Å². The molecule has 1 aliphatic heterocycles. The standard InChI is InChI=1S/C17H16F3N3O/c18-17(19,20)13-6-4-12(5-7-13)15-3-1-2-10-23(15)16(24)14-11-21-8-9-22-14/h4-9,11,15H,1-3,10H2. The van der Waals surface area contributed by atoms with Gasteiger partial charge in [0.1, 0.15) is 5.69 Å². The van der Waals surface area contributed by atoms with E-state index in [0.29, 0.717) is 12.1 Å². The highest BCUT2D eigenvalue weighted by Crippen LogP contribution is 2.34. The van der Waals surface area contributed by atoms with Gasteiger partial charge in [-0.1, -0.05) is 12.1 Å². The summed E-state index contributed by atoms with van der Waals surface area (Å²) in [6.07, 6.45) is 2.49. The van der Waals surface area contributed by atoms with Gasteiger partial charge in [0.15, 0.2) is 0 Å². The van der Waals surface area contributed by atoms with Crippen molar-refractivity contribution in [3.63, 3.8) is 0 Å². The van der Waals surface area contributed by atoms with Crippen LogP contribution < -0.4 is 0 Å². The second-order valence-corrected chi connectivity index (χ2v) is 5.72. The van der Waals surface area contributed by atoms with Crippen molar-refractivity contribution in [3.8, 4) is 0 Å². The Balaban J connectivity index is 1.86. The molecule has 1 unspecified atom stereocenters. The van der Waals surface area contributed by atoms with Crippen LogP contribution >= 0.6 is 0 Å². The Labute approximate surface area is 137 Å². The van der Waals surface area contributed by atoms with Gasteiger partial charge in [0.05, 0.1) is 17.8 Å². The molecule has 0 saturated carbocycles. The molecule has 1 aliphatic rings. The fourth-order valence-electron chi connectivity index (χ4n) is 2.97. The first-order chi connectivity index (χ1) is 11.5. The number of alkyl halides is 3. The van der Waals surface area contributed by atoms with Crippen LogP contribution in [0.5, 0.6) is 0 Å². The molecule has 0 aliphatic carbocycles. The third-order valence-electron chi connectivity index (χ3n) is 4.17. The first-order valence-corrected chi connectivity index (χ1v) is 7.71. The zero-order chi connectivity index (χ0) is 17.2. The molecule has 0 spiro atoms. The van der Waals surface area contributed by atoms with Crippen molar-refractivity contribution in [3.05, 3.63) is 59.7 Å². The fraction of sp³-hybridized carbons (Fsp3) is 0.353. The van der Waals surface area contributed by atoms with E-state index in [2.05, 4.69) is 9.97 Å². The average Bonchev–Trinajstić information content (AvgIpc) is 2.61. The Kier molecular flexibility index (Phi) is 4.51. The number of hydrogen-bond acceptors (Lipinski definition) is 3. The van der Waals surface area contributed by atoms with E-state index in [0.717, 1.165) is 31.4 Å². The summed E-state index contributed by atoms with van der Waals surface area (Å²) in [5.74, 6) is -0.243. The van der Waals surface area contributed by atoms with E-state index in [1.807, 2.05) is 0 Å². The summed E-state index contributed by atoms with van der Waals surface area (Å²) < 4.78 is 38.1. The van der Waals surface area contributed by atoms with E-state index in [1.165, 1.54) is 30.7 Å². The van der Waals surface area contributed by atoms with Gasteiger partial charge in [-0.2, -0.15) is 13.2 Å². The summed E-state index contributed by atoms with van der Waals surface area (Å²) in [5.41, 5.74) is 0.269. The monoisotopic (exact) mass is 335 g/mol. The summed E-state index contributed by atoms with van der Waals surface area (Å²) in [6.45, 7) is 0.557. The quantitative estimate of drug-likeness (QED) is 0.837. The summed E-state index contributed by atoms with van der Waals surface area (Å²) in [7, 11) is 0. The number of likely N-dealkylation sites (tertiary alicyclic amines) is 1. The van der Waals surface area contributed by atoms with Crippen molar-refractivity contribution in [1.82, 2.24) is 14.9 Å². The van der Waals surface area contributed by atoms with E-state index < -0.39 is 11.7 Å². The fourth-order valence-corrected chi connectivity index (χ4v) is 2.97. The molecule has 126 valence electrons. The normalized spacial score (nSPS) is 18.5. The Bertz CT molecular complexity index is 701. The highest BCUT2D eigenvalue weighted by molar-refractivity contribution is 5.92. The Morgan fingerprint density at radius 2 is 1.88 bits per heavy atom. The number of carbonyl (C=O) groups excluding carboxylic acids is 1. The van der Waals surface area contributed by atoms with Crippen LogP contribution in [0.2, 0.25) is 0 Å². The lowest BCUT2D eigenvalue weighted by molar-refractivity contribution is -0.137. The maximum atomic E-state index is 12.7. The van der Waals surface area contributed by atoms with Crippen molar-refractivity contribution in [1.29, 1.82) is 0 Å². The summed E-state index contributed by atoms with van der Waals surface area (Å²) in [6, 6.07) is 4.80. The van der Waals surface area contributed by atoms with Crippen molar-refractivity contribution >= 4 is 5.91 Å². The number of hydrogen-bond donors (Lipinski definition) is 0. The lowest BCUT2D eigenvalue weighted by atomic mass is 9.94. The van der Waals surface area contributed by atoms with E-state index in [4.69, 9.17) is 0 Å². The van der Waals surface area contributed by atoms with Crippen LogP contribution in [0.3, 0.4) is 0 Å². The molecule has 24 heavy (non-hydrogen) atoms. The van der Waals surface area contributed by atoms with E-state index in [-0.39, 0.29) is 17.6 Å². The average molecular weight is 335 g/mol. The highest BCUT2D eigenvalue weighted by atomic mass is 19.4. The van der Waals surface area contributed by atoms with E-state index >= 15 is 0 Å². The third kappa shape index (κ3) is 3.39. The Hall–Kier alpha value is -2.44. The molecule has 0 bridgehead atoms. The summed E-state index contributed by atoms with van der Waals surface area (Å²) >= 11 is 0. The summed E-state index contributed by atoms with van der Waals surface area (Å²) in [5, 5.41) is 0. The zero-order valence-corrected chi connectivity index (χ0v) is 12.8. The van der Waals surface area contributed by atoms with Crippen LogP contribution in [-0.4, -0.2) is 27.3 Å². The lowest BCUT2D eigenvalue weighted by Gasteiger charge is -2.36. The smallest absolute Gasteiger partial charge is 0.330 e. The number of piperidine rings is 1. The van der Waals surface area contributed by atoms with Crippen LogP contribution in [0.4, 0.5) is 13.2 Å². The number of aromatic nitrogens is 2. The van der Waals surface area contributed by atoms with Crippen molar-refractivity contribution in [2.75, 3.05) is 6.54 Å². The third-order valence-corrected chi connectivity index (χ3v) is 4.17. The topological polar surface area (TPSA) is 46.1 Å². The molecular formula is C17H16F3N3O. The molecule has 7 heteroatoms. The van der Waals surface area contributed by atoms with Gasteiger partial charge in [-0.25, -0.2) is 4.98 Å². The van der Waals surface area contributed by atoms with Crippen LogP contribution in [-0.2, 0) is 6.18 Å².